The van der Waals surface area contributed by atoms with Crippen LogP contribution in [0.15, 0.2) is 48.5 Å². The van der Waals surface area contributed by atoms with E-state index in [0.717, 1.165) is 17.7 Å². The molecule has 2 aliphatic rings. The molecule has 0 radical (unpaired) electrons. The largest absolute Gasteiger partial charge is 0.338 e. The molecule has 3 unspecified atom stereocenters. The lowest BCUT2D eigenvalue weighted by Gasteiger charge is -2.36. The van der Waals surface area contributed by atoms with Crippen molar-refractivity contribution in [1.82, 2.24) is 15.5 Å². The maximum Gasteiger partial charge on any atom is 0.227 e. The molecule has 0 bridgehead atoms. The quantitative estimate of drug-likeness (QED) is 0.741. The third kappa shape index (κ3) is 4.99. The lowest BCUT2D eigenvalue weighted by molar-refractivity contribution is -0.138. The second-order valence-corrected chi connectivity index (χ2v) is 9.46. The van der Waals surface area contributed by atoms with E-state index in [4.69, 9.17) is 11.6 Å². The number of hydrogen-bond donors (Lipinski definition) is 2. The van der Waals surface area contributed by atoms with Gasteiger partial charge in [-0.3, -0.25) is 14.9 Å². The Kier molecular flexibility index (Phi) is 6.66. The third-order valence-electron chi connectivity index (χ3n) is 5.81. The zero-order valence-electron chi connectivity index (χ0n) is 16.9. The molecule has 2 aromatic carbocycles. The van der Waals surface area contributed by atoms with E-state index in [1.807, 2.05) is 48.2 Å². The summed E-state index contributed by atoms with van der Waals surface area (Å²) in [5.41, 5.74) is 3.44. The van der Waals surface area contributed by atoms with Crippen molar-refractivity contribution in [1.29, 1.82) is 0 Å². The van der Waals surface area contributed by atoms with Gasteiger partial charge in [0, 0.05) is 36.3 Å². The first-order valence-corrected chi connectivity index (χ1v) is 11.7. The lowest BCUT2D eigenvalue weighted by Crippen LogP contribution is -2.59. The fraction of sp³-hybridized carbons (Fsp3) is 0.391. The van der Waals surface area contributed by atoms with Crippen LogP contribution in [0, 0.1) is 5.92 Å². The molecule has 4 rings (SSSR count). The number of rotatable bonds is 5. The highest BCUT2D eigenvalue weighted by molar-refractivity contribution is 7.99. The number of halogens is 1. The van der Waals surface area contributed by atoms with E-state index in [1.165, 1.54) is 11.1 Å². The molecule has 0 saturated carbocycles. The number of amides is 2. The van der Waals surface area contributed by atoms with E-state index in [1.54, 1.807) is 11.8 Å². The molecule has 158 valence electrons. The van der Waals surface area contributed by atoms with Crippen LogP contribution in [0.5, 0.6) is 0 Å². The van der Waals surface area contributed by atoms with Crippen molar-refractivity contribution in [2.45, 2.75) is 43.6 Å². The van der Waals surface area contributed by atoms with Crippen LogP contribution in [0.2, 0.25) is 5.02 Å². The van der Waals surface area contributed by atoms with E-state index in [-0.39, 0.29) is 35.7 Å². The van der Waals surface area contributed by atoms with Gasteiger partial charge >= 0.3 is 0 Å². The fourth-order valence-electron chi connectivity index (χ4n) is 4.05. The van der Waals surface area contributed by atoms with Crippen LogP contribution in [0.25, 0.3) is 0 Å². The molecule has 0 aromatic heterocycles. The van der Waals surface area contributed by atoms with Crippen molar-refractivity contribution < 1.29 is 9.59 Å². The Morgan fingerprint density at radius 2 is 2.00 bits per heavy atom. The molecule has 1 fully saturated rings. The predicted octanol–water partition coefficient (Wildman–Crippen LogP) is 3.56. The first-order valence-electron chi connectivity index (χ1n) is 10.3. The molecule has 3 atom stereocenters. The summed E-state index contributed by atoms with van der Waals surface area (Å²) in [6, 6.07) is 15.9. The van der Waals surface area contributed by atoms with Gasteiger partial charge in [0.25, 0.3) is 0 Å². The second kappa shape index (κ2) is 9.41. The van der Waals surface area contributed by atoms with Gasteiger partial charge in [0.2, 0.25) is 11.8 Å². The molecule has 2 N–H and O–H groups in total. The molecule has 1 saturated heterocycles. The minimum Gasteiger partial charge on any atom is -0.338 e. The van der Waals surface area contributed by atoms with Crippen LogP contribution >= 0.6 is 23.4 Å². The number of thioether (sulfide) groups is 1. The Balaban J connectivity index is 1.30. The Hall–Kier alpha value is -2.02. The predicted molar refractivity (Wildman–Crippen MR) is 121 cm³/mol. The summed E-state index contributed by atoms with van der Waals surface area (Å²) >= 11 is 7.65. The molecule has 30 heavy (non-hydrogen) atoms. The summed E-state index contributed by atoms with van der Waals surface area (Å²) < 4.78 is 0. The fourth-order valence-corrected chi connectivity index (χ4v) is 5.31. The van der Waals surface area contributed by atoms with E-state index in [0.29, 0.717) is 18.1 Å². The third-order valence-corrected chi connectivity index (χ3v) is 7.13. The van der Waals surface area contributed by atoms with Gasteiger partial charge in [-0.2, -0.15) is 0 Å². The molecule has 2 aliphatic heterocycles. The summed E-state index contributed by atoms with van der Waals surface area (Å²) in [6.45, 7) is 3.32. The lowest BCUT2D eigenvalue weighted by atomic mass is 9.93. The zero-order chi connectivity index (χ0) is 21.1. The zero-order valence-corrected chi connectivity index (χ0v) is 18.5. The summed E-state index contributed by atoms with van der Waals surface area (Å²) in [6.07, 6.45) is 1.10. The van der Waals surface area contributed by atoms with Gasteiger partial charge in [-0.05, 0) is 42.2 Å². The van der Waals surface area contributed by atoms with Gasteiger partial charge in [-0.1, -0.05) is 48.0 Å². The molecule has 2 heterocycles. The number of nitrogens with zero attached hydrogens (tertiary/aromatic N) is 1. The van der Waals surface area contributed by atoms with Crippen LogP contribution in [0.4, 0.5) is 0 Å². The van der Waals surface area contributed by atoms with E-state index >= 15 is 0 Å². The second-order valence-electron chi connectivity index (χ2n) is 7.93. The first-order chi connectivity index (χ1) is 14.5. The standard InChI is InChI=1S/C23H26ClN3O2S/c1-15-20(12-21(28)27-10-9-17-6-2-3-7-18(17)13-27)22(29)26-23(25-15)30-14-16-5-4-8-19(24)11-16/h2-8,11,15,20,23,25H,9-10,12-14H2,1H3,(H,26,29). The maximum absolute atomic E-state index is 12.9. The van der Waals surface area contributed by atoms with Gasteiger partial charge in [0.05, 0.1) is 5.92 Å². The number of carbonyl (C=O) groups excluding carboxylic acids is 2. The molecular formula is C23H26ClN3O2S. The van der Waals surface area contributed by atoms with Gasteiger partial charge in [0.15, 0.2) is 0 Å². The van der Waals surface area contributed by atoms with Gasteiger partial charge in [-0.25, -0.2) is 0 Å². The summed E-state index contributed by atoms with van der Waals surface area (Å²) in [4.78, 5) is 27.5. The van der Waals surface area contributed by atoms with Crippen molar-refractivity contribution in [2.75, 3.05) is 6.54 Å². The number of carbonyl (C=O) groups is 2. The Morgan fingerprint density at radius 3 is 2.77 bits per heavy atom. The molecule has 2 amide bonds. The van der Waals surface area contributed by atoms with Crippen molar-refractivity contribution in [3.8, 4) is 0 Å². The average Bonchev–Trinajstić information content (AvgIpc) is 2.74. The average molecular weight is 444 g/mol. The van der Waals surface area contributed by atoms with Gasteiger partial charge in [0.1, 0.15) is 5.50 Å². The summed E-state index contributed by atoms with van der Waals surface area (Å²) in [5, 5.41) is 7.16. The first kappa shape index (κ1) is 21.2. The molecule has 2 aromatic rings. The normalized spacial score (nSPS) is 23.6. The van der Waals surface area contributed by atoms with Crippen LogP contribution in [-0.4, -0.2) is 34.8 Å². The molecule has 5 nitrogen and oxygen atoms in total. The van der Waals surface area contributed by atoms with Crippen molar-refractivity contribution >= 4 is 35.2 Å². The van der Waals surface area contributed by atoms with Crippen molar-refractivity contribution in [3.05, 3.63) is 70.2 Å². The van der Waals surface area contributed by atoms with Crippen LogP contribution in [0.1, 0.15) is 30.0 Å². The molecule has 0 aliphatic carbocycles. The molecule has 7 heteroatoms. The summed E-state index contributed by atoms with van der Waals surface area (Å²) in [7, 11) is 0. The number of fused-ring (bicyclic) bond motifs is 1. The topological polar surface area (TPSA) is 61.4 Å². The van der Waals surface area contributed by atoms with Crippen LogP contribution < -0.4 is 10.6 Å². The van der Waals surface area contributed by atoms with Crippen molar-refractivity contribution in [3.63, 3.8) is 0 Å². The van der Waals surface area contributed by atoms with E-state index in [9.17, 15) is 9.59 Å². The van der Waals surface area contributed by atoms with Crippen LogP contribution in [-0.2, 0) is 28.3 Å². The smallest absolute Gasteiger partial charge is 0.227 e. The van der Waals surface area contributed by atoms with Crippen molar-refractivity contribution in [2.24, 2.45) is 5.92 Å². The van der Waals surface area contributed by atoms with Gasteiger partial charge in [-0.15, -0.1) is 11.8 Å². The van der Waals surface area contributed by atoms with E-state index < -0.39 is 0 Å². The Bertz CT molecular complexity index is 938. The minimum absolute atomic E-state index is 0.0448. The minimum atomic E-state index is -0.363. The highest BCUT2D eigenvalue weighted by atomic mass is 35.5. The highest BCUT2D eigenvalue weighted by Gasteiger charge is 2.36. The number of nitrogens with one attached hydrogen (secondary N) is 2. The monoisotopic (exact) mass is 443 g/mol. The van der Waals surface area contributed by atoms with E-state index in [2.05, 4.69) is 22.8 Å². The summed E-state index contributed by atoms with van der Waals surface area (Å²) in [5.74, 6) is 0.360. The maximum atomic E-state index is 12.9. The number of hydrogen-bond acceptors (Lipinski definition) is 4. The SMILES string of the molecule is CC1NC(SCc2cccc(Cl)c2)NC(=O)C1CC(=O)N1CCc2ccccc2C1. The van der Waals surface area contributed by atoms with Crippen LogP contribution in [0.3, 0.4) is 0 Å². The molecule has 0 spiro atoms. The highest BCUT2D eigenvalue weighted by Crippen LogP contribution is 2.25. The molecular weight excluding hydrogens is 418 g/mol. The Labute approximate surface area is 186 Å². The number of benzene rings is 2. The van der Waals surface area contributed by atoms with Gasteiger partial charge < -0.3 is 10.2 Å². The Morgan fingerprint density at radius 1 is 1.20 bits per heavy atom.